The molecule has 0 saturated heterocycles. The molecule has 0 aliphatic carbocycles. The second-order valence-electron chi connectivity index (χ2n) is 1.82. The number of hydroxylamine groups is 1. The summed E-state index contributed by atoms with van der Waals surface area (Å²) in [5.74, 6) is -0.571. The summed E-state index contributed by atoms with van der Waals surface area (Å²) in [6.07, 6.45) is 0. The first-order chi connectivity index (χ1) is 6.16. The molecule has 0 fully saturated rings. The van der Waals surface area contributed by atoms with E-state index in [2.05, 4.69) is 10.3 Å². The number of carbonyl (C=O) groups excluding carboxylic acids is 1. The number of hydrogen-bond donors (Lipinski definition) is 1. The van der Waals surface area contributed by atoms with Crippen LogP contribution < -0.4 is 5.48 Å². The van der Waals surface area contributed by atoms with E-state index in [0.29, 0.717) is 0 Å². The molecule has 0 heterocycles. The van der Waals surface area contributed by atoms with E-state index in [9.17, 15) is 4.79 Å². The van der Waals surface area contributed by atoms with Crippen LogP contribution in [-0.4, -0.2) is 13.0 Å². The smallest absolute Gasteiger partial charge is 0.274 e. The molecule has 0 aromatic heterocycles. The molecule has 3 heteroatoms. The Bertz CT molecular complexity index is 308. The van der Waals surface area contributed by atoms with Gasteiger partial charge in [0.25, 0.3) is 5.91 Å². The van der Waals surface area contributed by atoms with Gasteiger partial charge in [0.15, 0.2) is 0 Å². The number of hydrogen-bond acceptors (Lipinski definition) is 2. The lowest BCUT2D eigenvalue weighted by Crippen LogP contribution is -2.21. The fourth-order valence-electron chi connectivity index (χ4n) is 0.627. The highest BCUT2D eigenvalue weighted by Crippen LogP contribution is 1.96. The average Bonchev–Trinajstić information content (AvgIpc) is 2.04. The summed E-state index contributed by atoms with van der Waals surface area (Å²) >= 11 is 0. The fraction of sp³-hybridized carbons (Fsp3) is 0.125. The molecule has 11 heavy (non-hydrogen) atoms. The molecule has 3 nitrogen and oxygen atoms in total. The number of amides is 1. The van der Waals surface area contributed by atoms with Gasteiger partial charge in [-0.1, -0.05) is 18.2 Å². The normalized spacial score (nSPS) is 11.7. The standard InChI is InChI=1S/C8H9NO2/c1-11-9-8(10)7-5-3-2-4-6-7/h2-6H,1H3,(H,9,10)/i5D,6D. The topological polar surface area (TPSA) is 38.3 Å². The number of benzene rings is 1. The summed E-state index contributed by atoms with van der Waals surface area (Å²) < 4.78 is 14.8. The zero-order valence-electron chi connectivity index (χ0n) is 8.05. The Morgan fingerprint density at radius 2 is 2.18 bits per heavy atom. The predicted molar refractivity (Wildman–Crippen MR) is 40.9 cm³/mol. The van der Waals surface area contributed by atoms with Crippen molar-refractivity contribution in [2.75, 3.05) is 7.11 Å². The third-order valence-corrected chi connectivity index (χ3v) is 1.07. The van der Waals surface area contributed by atoms with Gasteiger partial charge >= 0.3 is 0 Å². The van der Waals surface area contributed by atoms with E-state index in [4.69, 9.17) is 2.74 Å². The highest BCUT2D eigenvalue weighted by Gasteiger charge is 2.00. The van der Waals surface area contributed by atoms with Crippen LogP contribution in [0.1, 0.15) is 13.1 Å². The summed E-state index contributed by atoms with van der Waals surface area (Å²) in [7, 11) is 1.30. The van der Waals surface area contributed by atoms with Gasteiger partial charge in [-0.2, -0.15) is 0 Å². The quantitative estimate of drug-likeness (QED) is 0.643. The Morgan fingerprint density at radius 1 is 1.55 bits per heavy atom. The van der Waals surface area contributed by atoms with Crippen molar-refractivity contribution in [2.24, 2.45) is 0 Å². The molecular formula is C8H9NO2. The molecule has 1 N–H and O–H groups in total. The summed E-state index contributed by atoms with van der Waals surface area (Å²) in [4.78, 5) is 15.6. The Labute approximate surface area is 67.8 Å². The molecule has 0 atom stereocenters. The van der Waals surface area contributed by atoms with Gasteiger partial charge in [0.05, 0.1) is 9.85 Å². The minimum absolute atomic E-state index is 0.0158. The van der Waals surface area contributed by atoms with Gasteiger partial charge < -0.3 is 0 Å². The Kier molecular flexibility index (Phi) is 1.80. The molecule has 0 spiro atoms. The number of carbonyl (C=O) groups is 1. The van der Waals surface area contributed by atoms with Gasteiger partial charge in [-0.15, -0.1) is 0 Å². The maximum atomic E-state index is 11.2. The third-order valence-electron chi connectivity index (χ3n) is 1.07. The first-order valence-electron chi connectivity index (χ1n) is 4.06. The Hall–Kier alpha value is -1.35. The molecule has 0 aliphatic rings. The molecule has 1 amide bonds. The SMILES string of the molecule is [2H]c1cccc([2H])c1C(=O)NOC. The molecular weight excluding hydrogens is 142 g/mol. The highest BCUT2D eigenvalue weighted by atomic mass is 16.6. The van der Waals surface area contributed by atoms with Crippen LogP contribution in [0.5, 0.6) is 0 Å². The van der Waals surface area contributed by atoms with Gasteiger partial charge in [0.1, 0.15) is 0 Å². The molecule has 0 radical (unpaired) electrons. The van der Waals surface area contributed by atoms with Crippen molar-refractivity contribution in [3.05, 3.63) is 35.8 Å². The first kappa shape index (κ1) is 5.32. The largest absolute Gasteiger partial charge is 0.277 e. The van der Waals surface area contributed by atoms with Crippen LogP contribution in [0, 0.1) is 0 Å². The third kappa shape index (κ3) is 2.05. The van der Waals surface area contributed by atoms with Gasteiger partial charge in [-0.3, -0.25) is 9.63 Å². The van der Waals surface area contributed by atoms with E-state index in [-0.39, 0.29) is 17.6 Å². The number of rotatable bonds is 2. The zero-order chi connectivity index (χ0) is 9.84. The number of nitrogens with one attached hydrogen (secondary N) is 1. The minimum atomic E-state index is -0.571. The van der Waals surface area contributed by atoms with Crippen LogP contribution in [0.15, 0.2) is 30.3 Å². The second kappa shape index (κ2) is 3.73. The molecule has 0 saturated carbocycles. The lowest BCUT2D eigenvalue weighted by molar-refractivity contribution is 0.0537. The maximum absolute atomic E-state index is 11.2. The molecule has 1 rings (SSSR count). The van der Waals surface area contributed by atoms with E-state index in [1.165, 1.54) is 19.2 Å². The van der Waals surface area contributed by atoms with Gasteiger partial charge in [-0.25, -0.2) is 5.48 Å². The van der Waals surface area contributed by atoms with Crippen molar-refractivity contribution in [1.82, 2.24) is 5.48 Å². The lowest BCUT2D eigenvalue weighted by atomic mass is 10.2. The molecule has 0 aliphatic heterocycles. The summed E-state index contributed by atoms with van der Waals surface area (Å²) in [5, 5.41) is 0. The van der Waals surface area contributed by atoms with Crippen molar-refractivity contribution < 1.29 is 12.4 Å². The van der Waals surface area contributed by atoms with Crippen molar-refractivity contribution >= 4 is 5.91 Å². The van der Waals surface area contributed by atoms with Crippen molar-refractivity contribution in [1.29, 1.82) is 0 Å². The Morgan fingerprint density at radius 3 is 2.73 bits per heavy atom. The molecule has 1 aromatic carbocycles. The summed E-state index contributed by atoms with van der Waals surface area (Å²) in [5.41, 5.74) is 2.08. The van der Waals surface area contributed by atoms with Crippen LogP contribution in [-0.2, 0) is 4.84 Å². The molecule has 0 unspecified atom stereocenters. The zero-order valence-corrected chi connectivity index (χ0v) is 6.05. The van der Waals surface area contributed by atoms with E-state index >= 15 is 0 Å². The average molecular weight is 153 g/mol. The minimum Gasteiger partial charge on any atom is -0.277 e. The summed E-state index contributed by atoms with van der Waals surface area (Å²) in [6, 6.07) is 4.48. The van der Waals surface area contributed by atoms with Crippen LogP contribution in [0.2, 0.25) is 0 Å². The maximum Gasteiger partial charge on any atom is 0.274 e. The first-order valence-corrected chi connectivity index (χ1v) is 3.06. The van der Waals surface area contributed by atoms with Gasteiger partial charge in [0, 0.05) is 5.56 Å². The van der Waals surface area contributed by atoms with Crippen LogP contribution in [0.4, 0.5) is 0 Å². The lowest BCUT2D eigenvalue weighted by Gasteiger charge is -1.99. The fourth-order valence-corrected chi connectivity index (χ4v) is 0.627. The van der Waals surface area contributed by atoms with Gasteiger partial charge in [0.2, 0.25) is 0 Å². The van der Waals surface area contributed by atoms with E-state index < -0.39 is 5.91 Å². The van der Waals surface area contributed by atoms with E-state index in [1.54, 1.807) is 6.07 Å². The highest BCUT2D eigenvalue weighted by molar-refractivity contribution is 5.93. The van der Waals surface area contributed by atoms with Crippen LogP contribution >= 0.6 is 0 Å². The van der Waals surface area contributed by atoms with Gasteiger partial charge in [-0.05, 0) is 12.1 Å². The van der Waals surface area contributed by atoms with Crippen molar-refractivity contribution in [3.8, 4) is 0 Å². The van der Waals surface area contributed by atoms with Crippen LogP contribution in [0.25, 0.3) is 0 Å². The van der Waals surface area contributed by atoms with Crippen LogP contribution in [0.3, 0.4) is 0 Å². The van der Waals surface area contributed by atoms with E-state index in [1.807, 2.05) is 0 Å². The van der Waals surface area contributed by atoms with Crippen molar-refractivity contribution in [3.63, 3.8) is 0 Å². The molecule has 58 valence electrons. The van der Waals surface area contributed by atoms with Crippen molar-refractivity contribution in [2.45, 2.75) is 0 Å². The summed E-state index contributed by atoms with van der Waals surface area (Å²) in [6.45, 7) is 0. The molecule has 1 aromatic rings. The van der Waals surface area contributed by atoms with E-state index in [0.717, 1.165) is 0 Å². The predicted octanol–water partition coefficient (Wildman–Crippen LogP) is 0.978. The monoisotopic (exact) mass is 153 g/mol. The molecule has 0 bridgehead atoms. The second-order valence-corrected chi connectivity index (χ2v) is 1.82. The Balaban J connectivity index is 3.05.